The molecule has 128 valence electrons. The van der Waals surface area contributed by atoms with Gasteiger partial charge >= 0.3 is 12.1 Å². The predicted molar refractivity (Wildman–Crippen MR) is 78.3 cm³/mol. The van der Waals surface area contributed by atoms with Crippen molar-refractivity contribution in [2.45, 2.75) is 12.6 Å². The first-order valence-corrected chi connectivity index (χ1v) is 7.63. The number of nitrogens with zero attached hydrogens (tertiary/aromatic N) is 3. The molecule has 9 heteroatoms. The largest absolute Gasteiger partial charge is 0.469 e. The van der Waals surface area contributed by atoms with Gasteiger partial charge in [-0.15, -0.1) is 0 Å². The molecule has 1 saturated carbocycles. The van der Waals surface area contributed by atoms with Crippen LogP contribution in [0.4, 0.5) is 18.9 Å². The van der Waals surface area contributed by atoms with Gasteiger partial charge in [-0.3, -0.25) is 4.79 Å². The molecule has 5 nitrogen and oxygen atoms in total. The van der Waals surface area contributed by atoms with Crippen molar-refractivity contribution in [3.8, 4) is 6.07 Å². The van der Waals surface area contributed by atoms with Crippen molar-refractivity contribution in [2.24, 2.45) is 17.8 Å². The highest BCUT2D eigenvalue weighted by molar-refractivity contribution is 6.31. The third kappa shape index (κ3) is 2.88. The van der Waals surface area contributed by atoms with Gasteiger partial charge in [0.25, 0.3) is 0 Å². The van der Waals surface area contributed by atoms with Crippen molar-refractivity contribution in [3.05, 3.63) is 22.5 Å². The number of methoxy groups -OCH3 is 1. The highest BCUT2D eigenvalue weighted by atomic mass is 35.5. The molecule has 1 aliphatic heterocycles. The summed E-state index contributed by atoms with van der Waals surface area (Å²) in [4.78, 5) is 16.3. The average Bonchev–Trinajstić information content (AvgIpc) is 2.95. The van der Waals surface area contributed by atoms with Gasteiger partial charge in [0.05, 0.1) is 12.8 Å². The summed E-state index contributed by atoms with van der Waals surface area (Å²) in [6.45, 7) is 0.970. The molecule has 0 amide bonds. The van der Waals surface area contributed by atoms with Crippen molar-refractivity contribution in [2.75, 3.05) is 25.1 Å². The second kappa shape index (κ2) is 5.81. The first-order chi connectivity index (χ1) is 11.3. The summed E-state index contributed by atoms with van der Waals surface area (Å²) in [5.41, 5.74) is -1.03. The van der Waals surface area contributed by atoms with Crippen LogP contribution < -0.4 is 4.90 Å². The van der Waals surface area contributed by atoms with E-state index in [0.717, 1.165) is 6.07 Å². The summed E-state index contributed by atoms with van der Waals surface area (Å²) in [5, 5.41) is 8.74. The zero-order valence-corrected chi connectivity index (χ0v) is 13.4. The number of carbonyl (C=O) groups excluding carboxylic acids is 1. The summed E-state index contributed by atoms with van der Waals surface area (Å²) >= 11 is 5.76. The van der Waals surface area contributed by atoms with E-state index in [2.05, 4.69) is 9.72 Å². The number of hydrogen-bond donors (Lipinski definition) is 0. The Morgan fingerprint density at radius 3 is 2.62 bits per heavy atom. The lowest BCUT2D eigenvalue weighted by Crippen LogP contribution is -2.26. The summed E-state index contributed by atoms with van der Waals surface area (Å²) in [5.74, 6) is 0.345. The van der Waals surface area contributed by atoms with E-state index in [4.69, 9.17) is 11.6 Å². The Morgan fingerprint density at radius 2 is 2.12 bits per heavy atom. The van der Waals surface area contributed by atoms with Crippen LogP contribution in [-0.4, -0.2) is 31.2 Å². The number of halogens is 4. The van der Waals surface area contributed by atoms with Gasteiger partial charge in [-0.05, 0) is 23.8 Å². The van der Waals surface area contributed by atoms with Crippen molar-refractivity contribution >= 4 is 23.3 Å². The molecule has 24 heavy (non-hydrogen) atoms. The van der Waals surface area contributed by atoms with Crippen molar-refractivity contribution < 1.29 is 22.7 Å². The monoisotopic (exact) mass is 359 g/mol. The molecule has 0 aromatic carbocycles. The fourth-order valence-corrected chi connectivity index (χ4v) is 3.65. The maximum atomic E-state index is 12.9. The van der Waals surface area contributed by atoms with Gasteiger partial charge < -0.3 is 9.64 Å². The Labute approximate surface area is 141 Å². The minimum Gasteiger partial charge on any atom is -0.469 e. The number of piperidine rings is 1. The van der Waals surface area contributed by atoms with Crippen LogP contribution in [0.3, 0.4) is 0 Å². The molecule has 0 radical (unpaired) electrons. The van der Waals surface area contributed by atoms with Crippen LogP contribution in [0.15, 0.2) is 6.07 Å². The number of fused-ring (bicyclic) bond motifs is 1. The Hall–Kier alpha value is -2.01. The van der Waals surface area contributed by atoms with Crippen LogP contribution in [0.5, 0.6) is 0 Å². The first-order valence-electron chi connectivity index (χ1n) is 7.25. The van der Waals surface area contributed by atoms with E-state index in [-0.39, 0.29) is 35.0 Å². The minimum absolute atomic E-state index is 0.0597. The van der Waals surface area contributed by atoms with Crippen molar-refractivity contribution in [1.82, 2.24) is 4.98 Å². The number of anilines is 1. The number of rotatable bonds is 3. The van der Waals surface area contributed by atoms with Gasteiger partial charge in [-0.1, -0.05) is 11.6 Å². The van der Waals surface area contributed by atoms with E-state index in [0.29, 0.717) is 19.5 Å². The average molecular weight is 360 g/mol. The maximum absolute atomic E-state index is 12.9. The number of esters is 1. The predicted octanol–water partition coefficient (Wildman–Crippen LogP) is 2.87. The molecule has 2 heterocycles. The van der Waals surface area contributed by atoms with Gasteiger partial charge in [0, 0.05) is 19.5 Å². The molecular weight excluding hydrogens is 347 g/mol. The second-order valence-corrected chi connectivity index (χ2v) is 6.34. The van der Waals surface area contributed by atoms with E-state index < -0.39 is 17.0 Å². The molecule has 2 fully saturated rings. The van der Waals surface area contributed by atoms with Crippen molar-refractivity contribution in [3.63, 3.8) is 0 Å². The highest BCUT2D eigenvalue weighted by Gasteiger charge is 2.56. The number of nitriles is 1. The Balaban J connectivity index is 1.81. The lowest BCUT2D eigenvalue weighted by Gasteiger charge is -2.24. The number of aromatic nitrogens is 1. The molecule has 2 atom stereocenters. The molecule has 0 spiro atoms. The lowest BCUT2D eigenvalue weighted by molar-refractivity contribution is -0.142. The summed E-state index contributed by atoms with van der Waals surface area (Å²) in [6, 6.07) is 2.69. The van der Waals surface area contributed by atoms with E-state index in [1.807, 2.05) is 6.07 Å². The summed E-state index contributed by atoms with van der Waals surface area (Å²) < 4.78 is 43.4. The number of hydrogen-bond acceptors (Lipinski definition) is 5. The topological polar surface area (TPSA) is 66.2 Å². The number of ether oxygens (including phenoxy) is 1. The zero-order chi connectivity index (χ0) is 17.6. The Kier molecular flexibility index (Phi) is 4.08. The molecule has 2 unspecified atom stereocenters. The van der Waals surface area contributed by atoms with Crippen LogP contribution in [-0.2, 0) is 15.7 Å². The fraction of sp³-hybridized carbons (Fsp3) is 0.533. The number of carbonyl (C=O) groups is 1. The third-order valence-corrected chi connectivity index (χ3v) is 4.97. The van der Waals surface area contributed by atoms with Crippen LogP contribution >= 0.6 is 11.6 Å². The normalized spacial score (nSPS) is 25.2. The molecule has 1 aromatic rings. The van der Waals surface area contributed by atoms with E-state index >= 15 is 0 Å². The standard InChI is InChI=1S/C15H13ClF3N3O2/c1-24-13(23)2-7-9-5-22(6-10(7)9)11-3-12(15(17,18)19)21-14(16)8(11)4-20/h3,7,9-10H,2,5-6H2,1H3. The summed E-state index contributed by atoms with van der Waals surface area (Å²) in [7, 11) is 1.32. The molecule has 1 aromatic heterocycles. The zero-order valence-electron chi connectivity index (χ0n) is 12.6. The molecular formula is C15H13ClF3N3O2. The van der Waals surface area contributed by atoms with Gasteiger partial charge in [-0.2, -0.15) is 18.4 Å². The smallest absolute Gasteiger partial charge is 0.433 e. The van der Waals surface area contributed by atoms with Crippen molar-refractivity contribution in [1.29, 1.82) is 5.26 Å². The number of alkyl halides is 3. The highest BCUT2D eigenvalue weighted by Crippen LogP contribution is 2.55. The minimum atomic E-state index is -4.64. The molecule has 1 saturated heterocycles. The summed E-state index contributed by atoms with van der Waals surface area (Å²) in [6.07, 6.45) is -4.32. The van der Waals surface area contributed by atoms with E-state index in [1.54, 1.807) is 4.90 Å². The molecule has 2 aliphatic rings. The second-order valence-electron chi connectivity index (χ2n) is 5.98. The number of pyridine rings is 1. The van der Waals surface area contributed by atoms with Crippen LogP contribution in [0.2, 0.25) is 5.15 Å². The van der Waals surface area contributed by atoms with Gasteiger partial charge in [0.15, 0.2) is 0 Å². The van der Waals surface area contributed by atoms with Gasteiger partial charge in [0.1, 0.15) is 22.5 Å². The Bertz CT molecular complexity index is 720. The van der Waals surface area contributed by atoms with E-state index in [9.17, 15) is 23.2 Å². The van der Waals surface area contributed by atoms with Crippen LogP contribution in [0.1, 0.15) is 17.7 Å². The first kappa shape index (κ1) is 16.8. The van der Waals surface area contributed by atoms with Gasteiger partial charge in [0.2, 0.25) is 0 Å². The molecule has 1 aliphatic carbocycles. The Morgan fingerprint density at radius 1 is 1.50 bits per heavy atom. The van der Waals surface area contributed by atoms with Crippen LogP contribution in [0.25, 0.3) is 0 Å². The lowest BCUT2D eigenvalue weighted by atomic mass is 10.1. The van der Waals surface area contributed by atoms with Gasteiger partial charge in [-0.25, -0.2) is 4.98 Å². The maximum Gasteiger partial charge on any atom is 0.433 e. The molecule has 0 bridgehead atoms. The van der Waals surface area contributed by atoms with E-state index in [1.165, 1.54) is 7.11 Å². The molecule has 0 N–H and O–H groups in total. The quantitative estimate of drug-likeness (QED) is 0.613. The molecule has 3 rings (SSSR count). The fourth-order valence-electron chi connectivity index (χ4n) is 3.42. The third-order valence-electron chi connectivity index (χ3n) is 4.70. The van der Waals surface area contributed by atoms with Crippen LogP contribution in [0, 0.1) is 29.1 Å². The SMILES string of the molecule is COC(=O)CC1C2CN(c3cc(C(F)(F)F)nc(Cl)c3C#N)CC12.